The van der Waals surface area contributed by atoms with Gasteiger partial charge in [-0.2, -0.15) is 0 Å². The lowest BCUT2D eigenvalue weighted by Crippen LogP contribution is -2.08. The van der Waals surface area contributed by atoms with Crippen molar-refractivity contribution in [1.29, 1.82) is 0 Å². The summed E-state index contributed by atoms with van der Waals surface area (Å²) in [6.07, 6.45) is 0.484. The number of carbonyl (C=O) groups is 1. The number of nitro groups is 1. The van der Waals surface area contributed by atoms with Crippen molar-refractivity contribution < 1.29 is 19.3 Å². The molecular formula is C20H16N2O5S. The normalized spacial score (nSPS) is 11.1. The molecule has 142 valence electrons. The van der Waals surface area contributed by atoms with Gasteiger partial charge in [-0.15, -0.1) is 11.3 Å². The molecule has 0 radical (unpaired) electrons. The molecule has 1 aromatic heterocycles. The summed E-state index contributed by atoms with van der Waals surface area (Å²) in [6.45, 7) is 0. The Balaban J connectivity index is 1.83. The molecule has 0 aliphatic heterocycles. The highest BCUT2D eigenvalue weighted by molar-refractivity contribution is 7.12. The molecule has 0 unspecified atom stereocenters. The first kappa shape index (κ1) is 19.2. The predicted octanol–water partition coefficient (Wildman–Crippen LogP) is 4.47. The number of nitrogens with zero attached hydrogens (tertiary/aromatic N) is 2. The number of nitro benzene ring substituents is 1. The summed E-state index contributed by atoms with van der Waals surface area (Å²) in [5.41, 5.74) is 1.31. The molecule has 2 aromatic carbocycles. The Morgan fingerprint density at radius 1 is 1.14 bits per heavy atom. The third kappa shape index (κ3) is 4.60. The van der Waals surface area contributed by atoms with Crippen molar-refractivity contribution in [3.8, 4) is 5.75 Å². The number of benzene rings is 2. The molecule has 0 saturated carbocycles. The van der Waals surface area contributed by atoms with Gasteiger partial charge in [0.15, 0.2) is 5.75 Å². The van der Waals surface area contributed by atoms with Gasteiger partial charge < -0.3 is 9.57 Å². The van der Waals surface area contributed by atoms with Crippen LogP contribution in [0.3, 0.4) is 0 Å². The molecule has 0 fully saturated rings. The number of thiophene rings is 1. The van der Waals surface area contributed by atoms with E-state index in [2.05, 4.69) is 5.16 Å². The predicted molar refractivity (Wildman–Crippen MR) is 106 cm³/mol. The fourth-order valence-corrected chi connectivity index (χ4v) is 3.21. The topological polar surface area (TPSA) is 91.0 Å². The van der Waals surface area contributed by atoms with Crippen molar-refractivity contribution in [2.75, 3.05) is 7.11 Å². The highest BCUT2D eigenvalue weighted by Crippen LogP contribution is 2.27. The molecule has 0 amide bonds. The number of methoxy groups -OCH3 is 1. The molecule has 0 bridgehead atoms. The summed E-state index contributed by atoms with van der Waals surface area (Å²) >= 11 is 1.48. The zero-order valence-electron chi connectivity index (χ0n) is 14.9. The van der Waals surface area contributed by atoms with Crippen LogP contribution in [-0.2, 0) is 11.3 Å². The average Bonchev–Trinajstić information content (AvgIpc) is 3.25. The minimum Gasteiger partial charge on any atom is -0.490 e. The Bertz CT molecular complexity index is 1000. The maximum atomic E-state index is 12.4. The standard InChI is InChI=1S/C20H16N2O5S/c1-26-18-10-9-15(13-17(18)22(24)25)20(23)27-21-16(19-8-5-11-28-19)12-14-6-3-2-4-7-14/h2-11,13H,12H2,1H3/b21-16+. The van der Waals surface area contributed by atoms with Crippen molar-refractivity contribution in [3.63, 3.8) is 0 Å². The van der Waals surface area contributed by atoms with Crippen LogP contribution in [-0.4, -0.2) is 23.7 Å². The fraction of sp³-hybridized carbons (Fsp3) is 0.100. The van der Waals surface area contributed by atoms with Crippen LogP contribution in [0.1, 0.15) is 20.8 Å². The van der Waals surface area contributed by atoms with Crippen LogP contribution in [0.25, 0.3) is 0 Å². The molecule has 28 heavy (non-hydrogen) atoms. The van der Waals surface area contributed by atoms with Crippen molar-refractivity contribution in [2.45, 2.75) is 6.42 Å². The highest BCUT2D eigenvalue weighted by Gasteiger charge is 2.19. The van der Waals surface area contributed by atoms with Gasteiger partial charge in [0.25, 0.3) is 0 Å². The van der Waals surface area contributed by atoms with Crippen molar-refractivity contribution in [1.82, 2.24) is 0 Å². The first-order valence-electron chi connectivity index (χ1n) is 8.27. The van der Waals surface area contributed by atoms with Gasteiger partial charge in [0, 0.05) is 12.5 Å². The monoisotopic (exact) mass is 396 g/mol. The maximum absolute atomic E-state index is 12.4. The van der Waals surface area contributed by atoms with Gasteiger partial charge in [-0.05, 0) is 29.1 Å². The van der Waals surface area contributed by atoms with Gasteiger partial charge in [0.05, 0.1) is 22.5 Å². The molecule has 3 aromatic rings. The van der Waals surface area contributed by atoms with Crippen LogP contribution in [0.15, 0.2) is 71.2 Å². The SMILES string of the molecule is COc1ccc(C(=O)O/N=C(\Cc2ccccc2)c2cccs2)cc1[N+](=O)[O-]. The number of oxime groups is 1. The fourth-order valence-electron chi connectivity index (χ4n) is 2.51. The first-order valence-corrected chi connectivity index (χ1v) is 9.15. The molecule has 0 aliphatic carbocycles. The number of carbonyl (C=O) groups excluding carboxylic acids is 1. The molecule has 1 heterocycles. The van der Waals surface area contributed by atoms with Gasteiger partial charge in [-0.25, -0.2) is 4.79 Å². The van der Waals surface area contributed by atoms with E-state index < -0.39 is 10.9 Å². The largest absolute Gasteiger partial charge is 0.490 e. The van der Waals surface area contributed by atoms with E-state index in [0.29, 0.717) is 12.1 Å². The number of rotatable bonds is 7. The average molecular weight is 396 g/mol. The summed E-state index contributed by atoms with van der Waals surface area (Å²) in [4.78, 5) is 28.8. The van der Waals surface area contributed by atoms with Gasteiger partial charge in [-0.3, -0.25) is 10.1 Å². The number of hydrogen-bond donors (Lipinski definition) is 0. The van der Waals surface area contributed by atoms with E-state index in [-0.39, 0.29) is 17.0 Å². The van der Waals surface area contributed by atoms with E-state index in [1.807, 2.05) is 47.8 Å². The third-order valence-electron chi connectivity index (χ3n) is 3.87. The van der Waals surface area contributed by atoms with Crippen LogP contribution in [0.5, 0.6) is 5.75 Å². The molecular weight excluding hydrogens is 380 g/mol. The Hall–Kier alpha value is -3.52. The summed E-state index contributed by atoms with van der Waals surface area (Å²) in [5, 5.41) is 17.1. The molecule has 7 nitrogen and oxygen atoms in total. The van der Waals surface area contributed by atoms with E-state index in [0.717, 1.165) is 16.5 Å². The van der Waals surface area contributed by atoms with Crippen molar-refractivity contribution in [3.05, 3.63) is 92.2 Å². The Morgan fingerprint density at radius 3 is 2.57 bits per heavy atom. The van der Waals surface area contributed by atoms with E-state index >= 15 is 0 Å². The lowest BCUT2D eigenvalue weighted by molar-refractivity contribution is -0.385. The number of ether oxygens (including phenoxy) is 1. The zero-order valence-corrected chi connectivity index (χ0v) is 15.7. The molecule has 8 heteroatoms. The summed E-state index contributed by atoms with van der Waals surface area (Å²) in [7, 11) is 1.32. The maximum Gasteiger partial charge on any atom is 0.365 e. The Morgan fingerprint density at radius 2 is 1.93 bits per heavy atom. The quantitative estimate of drug-likeness (QED) is 0.254. The lowest BCUT2D eigenvalue weighted by Gasteiger charge is -2.06. The molecule has 0 N–H and O–H groups in total. The van der Waals surface area contributed by atoms with Crippen LogP contribution < -0.4 is 4.74 Å². The van der Waals surface area contributed by atoms with E-state index in [1.54, 1.807) is 0 Å². The Kier molecular flexibility index (Phi) is 6.13. The van der Waals surface area contributed by atoms with Crippen molar-refractivity contribution >= 4 is 28.7 Å². The molecule has 3 rings (SSSR count). The smallest absolute Gasteiger partial charge is 0.365 e. The Labute approximate surface area is 165 Å². The van der Waals surface area contributed by atoms with Gasteiger partial charge >= 0.3 is 11.7 Å². The minimum atomic E-state index is -0.784. The second kappa shape index (κ2) is 8.92. The molecule has 0 atom stereocenters. The molecule has 0 saturated heterocycles. The second-order valence-electron chi connectivity index (χ2n) is 5.70. The van der Waals surface area contributed by atoms with E-state index in [1.165, 1.54) is 30.6 Å². The first-order chi connectivity index (χ1) is 13.6. The van der Waals surface area contributed by atoms with Crippen LogP contribution in [0, 0.1) is 10.1 Å². The lowest BCUT2D eigenvalue weighted by atomic mass is 10.1. The minimum absolute atomic E-state index is 0.0153. The summed E-state index contributed by atoms with van der Waals surface area (Å²) in [6, 6.07) is 17.3. The van der Waals surface area contributed by atoms with Gasteiger partial charge in [0.2, 0.25) is 0 Å². The summed E-state index contributed by atoms with van der Waals surface area (Å²) in [5.74, 6) is -0.721. The highest BCUT2D eigenvalue weighted by atomic mass is 32.1. The number of hydrogen-bond acceptors (Lipinski definition) is 7. The van der Waals surface area contributed by atoms with E-state index in [4.69, 9.17) is 9.57 Å². The zero-order chi connectivity index (χ0) is 19.9. The van der Waals surface area contributed by atoms with Crippen LogP contribution >= 0.6 is 11.3 Å². The molecule has 0 aliphatic rings. The van der Waals surface area contributed by atoms with Gasteiger partial charge in [0.1, 0.15) is 5.71 Å². The molecule has 0 spiro atoms. The van der Waals surface area contributed by atoms with Crippen molar-refractivity contribution in [2.24, 2.45) is 5.16 Å². The third-order valence-corrected chi connectivity index (χ3v) is 4.79. The van der Waals surface area contributed by atoms with E-state index in [9.17, 15) is 14.9 Å². The second-order valence-corrected chi connectivity index (χ2v) is 6.65. The van der Waals surface area contributed by atoms with Gasteiger partial charge in [-0.1, -0.05) is 41.6 Å². The van der Waals surface area contributed by atoms with Crippen LogP contribution in [0.2, 0.25) is 0 Å². The summed E-state index contributed by atoms with van der Waals surface area (Å²) < 4.78 is 4.93. The van der Waals surface area contributed by atoms with Crippen LogP contribution in [0.4, 0.5) is 5.69 Å².